The molecular weight excluding hydrogens is 262 g/mol. The first-order valence-corrected chi connectivity index (χ1v) is 3.26. The molecule has 0 aliphatic heterocycles. The molecule has 0 aliphatic rings. The summed E-state index contributed by atoms with van der Waals surface area (Å²) >= 11 is 1.56. The van der Waals surface area contributed by atoms with Gasteiger partial charge >= 0.3 is 6.18 Å². The van der Waals surface area contributed by atoms with E-state index >= 15 is 0 Å². The normalized spacial score (nSPS) is 12.0. The third-order valence-corrected chi connectivity index (χ3v) is 1.26. The van der Waals surface area contributed by atoms with Crippen molar-refractivity contribution in [1.82, 2.24) is 4.98 Å². The Morgan fingerprint density at radius 1 is 1.50 bits per heavy atom. The molecule has 0 unspecified atom stereocenters. The Bertz CT molecular complexity index is 231. The zero-order valence-corrected chi connectivity index (χ0v) is 6.60. The number of nitrogens with zero attached hydrogens (tertiary/aromatic N) is 1. The maximum Gasteiger partial charge on any atom is 0.451 e. The van der Waals surface area contributed by atoms with Crippen LogP contribution >= 0.6 is 22.6 Å². The number of hydrogen-bond acceptors (Lipinski definition) is 2. The van der Waals surface area contributed by atoms with Crippen LogP contribution in [0.5, 0.6) is 0 Å². The lowest BCUT2D eigenvalue weighted by Gasteiger charge is -1.97. The van der Waals surface area contributed by atoms with Gasteiger partial charge in [-0.1, -0.05) is 0 Å². The van der Waals surface area contributed by atoms with E-state index in [9.17, 15) is 13.2 Å². The van der Waals surface area contributed by atoms with Crippen molar-refractivity contribution in [2.24, 2.45) is 0 Å². The number of oxazole rings is 1. The third kappa shape index (κ3) is 1.61. The van der Waals surface area contributed by atoms with E-state index in [-0.39, 0.29) is 3.90 Å². The fraction of sp³-hybridized carbons (Fsp3) is 0.250. The molecule has 1 aromatic heterocycles. The van der Waals surface area contributed by atoms with Gasteiger partial charge in [0.1, 0.15) is 0 Å². The van der Waals surface area contributed by atoms with Crippen molar-refractivity contribution in [3.63, 3.8) is 0 Å². The molecule has 0 saturated heterocycles. The summed E-state index contributed by atoms with van der Waals surface area (Å²) in [5.41, 5.74) is 0. The fourth-order valence-electron chi connectivity index (χ4n) is 0.384. The summed E-state index contributed by atoms with van der Waals surface area (Å²) in [6.07, 6.45) is -3.77. The SMILES string of the molecule is FC(F)(F)c1cnc(I)o1. The van der Waals surface area contributed by atoms with Crippen LogP contribution in [-0.4, -0.2) is 4.98 Å². The molecule has 0 N–H and O–H groups in total. The minimum absolute atomic E-state index is 0.00933. The van der Waals surface area contributed by atoms with Gasteiger partial charge in [0.25, 0.3) is 3.90 Å². The molecule has 56 valence electrons. The molecule has 1 aromatic rings. The Morgan fingerprint density at radius 2 is 2.10 bits per heavy atom. The molecule has 1 rings (SSSR count). The molecule has 0 saturated carbocycles. The van der Waals surface area contributed by atoms with Crippen LogP contribution in [0.1, 0.15) is 5.76 Å². The second kappa shape index (κ2) is 2.40. The van der Waals surface area contributed by atoms with Crippen molar-refractivity contribution in [3.05, 3.63) is 15.9 Å². The predicted octanol–water partition coefficient (Wildman–Crippen LogP) is 2.30. The van der Waals surface area contributed by atoms with Crippen molar-refractivity contribution in [2.75, 3.05) is 0 Å². The fourth-order valence-corrected chi connectivity index (χ4v) is 0.760. The summed E-state index contributed by atoms with van der Waals surface area (Å²) in [6.45, 7) is 0. The van der Waals surface area contributed by atoms with Crippen LogP contribution in [-0.2, 0) is 6.18 Å². The van der Waals surface area contributed by atoms with Crippen molar-refractivity contribution in [3.8, 4) is 0 Å². The highest BCUT2D eigenvalue weighted by molar-refractivity contribution is 14.1. The zero-order valence-electron chi connectivity index (χ0n) is 4.44. The van der Waals surface area contributed by atoms with Crippen LogP contribution in [0.3, 0.4) is 0 Å². The molecule has 0 fully saturated rings. The zero-order chi connectivity index (χ0) is 7.78. The molecule has 0 amide bonds. The van der Waals surface area contributed by atoms with Gasteiger partial charge in [-0.2, -0.15) is 13.2 Å². The second-order valence-corrected chi connectivity index (χ2v) is 2.40. The summed E-state index contributed by atoms with van der Waals surface area (Å²) in [5.74, 6) is -1.06. The number of hydrogen-bond donors (Lipinski definition) is 0. The summed E-state index contributed by atoms with van der Waals surface area (Å²) in [6, 6.07) is 0. The van der Waals surface area contributed by atoms with E-state index in [2.05, 4.69) is 9.40 Å². The Morgan fingerprint density at radius 3 is 2.30 bits per heavy atom. The molecule has 0 aromatic carbocycles. The van der Waals surface area contributed by atoms with Crippen molar-refractivity contribution in [2.45, 2.75) is 6.18 Å². The third-order valence-electron chi connectivity index (χ3n) is 0.757. The first-order valence-electron chi connectivity index (χ1n) is 2.18. The van der Waals surface area contributed by atoms with Gasteiger partial charge in [0.15, 0.2) is 0 Å². The number of halogens is 4. The van der Waals surface area contributed by atoms with Crippen LogP contribution in [0.25, 0.3) is 0 Å². The van der Waals surface area contributed by atoms with Crippen molar-refractivity contribution in [1.29, 1.82) is 0 Å². The molecule has 10 heavy (non-hydrogen) atoms. The van der Waals surface area contributed by atoms with Gasteiger partial charge in [-0.3, -0.25) is 0 Å². The van der Waals surface area contributed by atoms with Gasteiger partial charge in [0.2, 0.25) is 5.76 Å². The van der Waals surface area contributed by atoms with Crippen molar-refractivity contribution < 1.29 is 17.6 Å². The highest BCUT2D eigenvalue weighted by Gasteiger charge is 2.35. The first kappa shape index (κ1) is 7.83. The Labute approximate surface area is 67.6 Å². The molecular formula is C4HF3INO. The maximum absolute atomic E-state index is 11.7. The lowest BCUT2D eigenvalue weighted by molar-refractivity contribution is -0.153. The lowest BCUT2D eigenvalue weighted by atomic mass is 10.5. The molecule has 0 radical (unpaired) electrons. The summed E-state index contributed by atoms with van der Waals surface area (Å²) in [5, 5.41) is 0. The van der Waals surface area contributed by atoms with Gasteiger partial charge < -0.3 is 4.42 Å². The highest BCUT2D eigenvalue weighted by atomic mass is 127. The van der Waals surface area contributed by atoms with Gasteiger partial charge in [0, 0.05) is 22.6 Å². The summed E-state index contributed by atoms with van der Waals surface area (Å²) in [4.78, 5) is 3.28. The van der Waals surface area contributed by atoms with Crippen LogP contribution < -0.4 is 0 Å². The second-order valence-electron chi connectivity index (χ2n) is 1.48. The number of rotatable bonds is 0. The highest BCUT2D eigenvalue weighted by Crippen LogP contribution is 2.29. The number of alkyl halides is 3. The smallest absolute Gasteiger partial charge is 0.427 e. The van der Waals surface area contributed by atoms with E-state index in [4.69, 9.17) is 0 Å². The minimum Gasteiger partial charge on any atom is -0.427 e. The minimum atomic E-state index is -4.42. The average Bonchev–Trinajstić information content (AvgIpc) is 2.11. The van der Waals surface area contributed by atoms with Gasteiger partial charge in [-0.25, -0.2) is 4.98 Å². The van der Waals surface area contributed by atoms with Gasteiger partial charge in [-0.05, 0) is 0 Å². The van der Waals surface area contributed by atoms with E-state index in [1.165, 1.54) is 0 Å². The predicted molar refractivity (Wildman–Crippen MR) is 34.2 cm³/mol. The van der Waals surface area contributed by atoms with Gasteiger partial charge in [0.05, 0.1) is 6.20 Å². The maximum atomic E-state index is 11.7. The van der Waals surface area contributed by atoms with E-state index in [0.29, 0.717) is 6.20 Å². The van der Waals surface area contributed by atoms with Crippen LogP contribution in [0.15, 0.2) is 10.6 Å². The number of aromatic nitrogens is 1. The van der Waals surface area contributed by atoms with Gasteiger partial charge in [-0.15, -0.1) is 0 Å². The summed E-state index contributed by atoms with van der Waals surface area (Å²) in [7, 11) is 0. The monoisotopic (exact) mass is 263 g/mol. The van der Waals surface area contributed by atoms with E-state index < -0.39 is 11.9 Å². The van der Waals surface area contributed by atoms with E-state index in [0.717, 1.165) is 0 Å². The quantitative estimate of drug-likeness (QED) is 0.671. The Kier molecular flexibility index (Phi) is 1.88. The topological polar surface area (TPSA) is 26.0 Å². The Balaban J connectivity index is 2.96. The molecule has 0 spiro atoms. The first-order chi connectivity index (χ1) is 4.50. The molecule has 2 nitrogen and oxygen atoms in total. The molecule has 0 bridgehead atoms. The largest absolute Gasteiger partial charge is 0.451 e. The van der Waals surface area contributed by atoms with Crippen LogP contribution in [0.2, 0.25) is 0 Å². The Hall–Kier alpha value is -0.270. The van der Waals surface area contributed by atoms with E-state index in [1.807, 2.05) is 0 Å². The van der Waals surface area contributed by atoms with Crippen LogP contribution in [0.4, 0.5) is 13.2 Å². The molecule has 0 atom stereocenters. The van der Waals surface area contributed by atoms with Crippen molar-refractivity contribution >= 4 is 22.6 Å². The molecule has 0 aliphatic carbocycles. The molecule has 6 heteroatoms. The van der Waals surface area contributed by atoms with E-state index in [1.54, 1.807) is 22.6 Å². The van der Waals surface area contributed by atoms with Crippen LogP contribution in [0, 0.1) is 3.90 Å². The average molecular weight is 263 g/mol. The summed E-state index contributed by atoms with van der Waals surface area (Å²) < 4.78 is 39.2. The standard InChI is InChI=1S/C4HF3INO/c5-4(6,7)2-1-9-3(8)10-2/h1H. The molecule has 1 heterocycles. The lowest BCUT2D eigenvalue weighted by Crippen LogP contribution is -2.02.